The summed E-state index contributed by atoms with van der Waals surface area (Å²) in [5.41, 5.74) is 2.29. The van der Waals surface area contributed by atoms with Gasteiger partial charge >= 0.3 is 24.2 Å². The van der Waals surface area contributed by atoms with E-state index < -0.39 is 60.7 Å². The third-order valence-corrected chi connectivity index (χ3v) is 16.3. The number of ether oxygens (including phenoxy) is 5. The summed E-state index contributed by atoms with van der Waals surface area (Å²) < 4.78 is 50.7. The summed E-state index contributed by atoms with van der Waals surface area (Å²) in [4.78, 5) is 81.4. The fraction of sp³-hybridized carbons (Fsp3) is 0.577. The molecule has 2 amide bonds. The molecule has 0 saturated carbocycles. The van der Waals surface area contributed by atoms with Gasteiger partial charge in [-0.15, -0.1) is 23.5 Å². The number of benzene rings is 2. The number of amides is 2. The lowest BCUT2D eigenvalue weighted by molar-refractivity contribution is -0.174. The summed E-state index contributed by atoms with van der Waals surface area (Å²) >= 11 is 5.06. The van der Waals surface area contributed by atoms with E-state index in [0.717, 1.165) is 53.7 Å². The third kappa shape index (κ3) is 14.5. The van der Waals surface area contributed by atoms with Gasteiger partial charge in [0.15, 0.2) is 4.11 Å². The SMILES string of the molecule is CC(C)OC(=O)OC(C)I.CC(C)OC(=O)OC(C)OC(=O)C1=C(SC2CN(Cc3ccc(F)cc3)C2)[C@H](C)[C@@H]2[C@@H]([C@@H](C)O)C(=O)N12.C[C@@H](O)[C@H]1C(=O)N2C(C(=O)O)=C(SC3CN(Cc4ccc(F)cc4)C3)[C@H](C)[C@H]12. The molecule has 0 aromatic heterocycles. The lowest BCUT2D eigenvalue weighted by Crippen LogP contribution is -2.63. The predicted octanol–water partition coefficient (Wildman–Crippen LogP) is 7.49. The molecule has 23 heteroatoms. The number of β-lactam (4-membered cyclic amide) rings is 2. The summed E-state index contributed by atoms with van der Waals surface area (Å²) in [6, 6.07) is 12.2. The molecule has 6 aliphatic rings. The molecule has 2 unspecified atom stereocenters. The van der Waals surface area contributed by atoms with Gasteiger partial charge in [0, 0.05) is 78.3 Å². The molecule has 3 N–H and O–H groups in total. The number of alkyl halides is 1. The van der Waals surface area contributed by atoms with Crippen LogP contribution in [0.5, 0.6) is 0 Å². The molecule has 75 heavy (non-hydrogen) atoms. The molecule has 6 aliphatic heterocycles. The first-order valence-electron chi connectivity index (χ1n) is 24.9. The topological polar surface area (TPSA) is 222 Å². The second kappa shape index (κ2) is 25.7. The number of fused-ring (bicyclic) bond motifs is 2. The number of aliphatic hydroxyl groups is 2. The van der Waals surface area contributed by atoms with Crippen molar-refractivity contribution in [3.8, 4) is 0 Å². The van der Waals surface area contributed by atoms with Crippen LogP contribution in [0.25, 0.3) is 0 Å². The largest absolute Gasteiger partial charge is 0.511 e. The van der Waals surface area contributed by atoms with Crippen molar-refractivity contribution in [2.45, 2.75) is 140 Å². The highest BCUT2D eigenvalue weighted by atomic mass is 127. The van der Waals surface area contributed by atoms with Gasteiger partial charge < -0.3 is 48.8 Å². The van der Waals surface area contributed by atoms with Crippen molar-refractivity contribution >= 4 is 82.2 Å². The zero-order valence-corrected chi connectivity index (χ0v) is 47.3. The van der Waals surface area contributed by atoms with E-state index in [9.17, 15) is 52.9 Å². The van der Waals surface area contributed by atoms with Gasteiger partial charge in [0.25, 0.3) is 0 Å². The van der Waals surface area contributed by atoms with E-state index in [1.54, 1.807) is 84.5 Å². The number of aliphatic hydroxyl groups excluding tert-OH is 2. The molecule has 0 bridgehead atoms. The summed E-state index contributed by atoms with van der Waals surface area (Å²) in [5.74, 6) is -4.38. The average molecular weight is 1200 g/mol. The number of carboxylic acids is 1. The Labute approximate surface area is 457 Å². The number of nitrogens with zero attached hydrogens (tertiary/aromatic N) is 4. The Morgan fingerprint density at radius 3 is 1.35 bits per heavy atom. The van der Waals surface area contributed by atoms with Crippen molar-refractivity contribution in [3.05, 3.63) is 92.5 Å². The molecule has 2 aromatic carbocycles. The highest BCUT2D eigenvalue weighted by molar-refractivity contribution is 14.1. The number of hydrogen-bond donors (Lipinski definition) is 3. The van der Waals surface area contributed by atoms with E-state index in [4.69, 9.17) is 18.9 Å². The molecule has 4 saturated heterocycles. The maximum absolute atomic E-state index is 13.2. The predicted molar refractivity (Wildman–Crippen MR) is 282 cm³/mol. The van der Waals surface area contributed by atoms with Gasteiger partial charge in [0.05, 0.1) is 48.3 Å². The van der Waals surface area contributed by atoms with Gasteiger partial charge in [-0.1, -0.05) is 38.1 Å². The molecule has 0 spiro atoms. The van der Waals surface area contributed by atoms with Gasteiger partial charge in [-0.25, -0.2) is 28.0 Å². The van der Waals surface area contributed by atoms with E-state index in [1.807, 2.05) is 36.4 Å². The monoisotopic (exact) mass is 1200 g/mol. The van der Waals surface area contributed by atoms with Crippen LogP contribution in [0.15, 0.2) is 69.7 Å². The number of esters is 1. The van der Waals surface area contributed by atoms with Crippen LogP contribution in [-0.2, 0) is 56.0 Å². The number of hydrogen-bond acceptors (Lipinski definition) is 17. The van der Waals surface area contributed by atoms with Crippen LogP contribution in [-0.4, -0.2) is 155 Å². The summed E-state index contributed by atoms with van der Waals surface area (Å²) in [6.07, 6.45) is -4.91. The van der Waals surface area contributed by atoms with Crippen molar-refractivity contribution in [1.29, 1.82) is 0 Å². The number of halogens is 3. The van der Waals surface area contributed by atoms with Crippen molar-refractivity contribution in [2.75, 3.05) is 26.2 Å². The van der Waals surface area contributed by atoms with Crippen LogP contribution in [0.1, 0.15) is 80.4 Å². The second-order valence-electron chi connectivity index (χ2n) is 19.9. The van der Waals surface area contributed by atoms with Crippen molar-refractivity contribution in [2.24, 2.45) is 23.7 Å². The highest BCUT2D eigenvalue weighted by Gasteiger charge is 2.62. The van der Waals surface area contributed by atoms with Gasteiger partial charge in [-0.05, 0) is 106 Å². The van der Waals surface area contributed by atoms with E-state index in [0.29, 0.717) is 6.54 Å². The number of carboxylic acid groups (broad SMARTS) is 1. The van der Waals surface area contributed by atoms with Crippen LogP contribution in [0, 0.1) is 35.3 Å². The molecule has 4 fully saturated rings. The average Bonchev–Trinajstić information content (AvgIpc) is 3.66. The molecule has 18 nitrogen and oxygen atoms in total. The first-order chi connectivity index (χ1) is 35.2. The lowest BCUT2D eigenvalue weighted by Gasteiger charge is -2.46. The van der Waals surface area contributed by atoms with Gasteiger partial charge in [-0.2, -0.15) is 0 Å². The molecule has 6 heterocycles. The minimum Gasteiger partial charge on any atom is -0.477 e. The van der Waals surface area contributed by atoms with Crippen molar-refractivity contribution in [3.63, 3.8) is 0 Å². The molecule has 0 radical (unpaired) electrons. The molecule has 2 aromatic rings. The minimum absolute atomic E-state index is 0.0846. The Balaban J connectivity index is 0.000000212. The normalized spacial score (nSPS) is 25.0. The van der Waals surface area contributed by atoms with Crippen LogP contribution in [0.4, 0.5) is 18.4 Å². The summed E-state index contributed by atoms with van der Waals surface area (Å²) in [7, 11) is 0. The molecule has 10 atom stereocenters. The molecular formula is C52H67F2IN4O14S2. The van der Waals surface area contributed by atoms with Crippen LogP contribution >= 0.6 is 46.1 Å². The summed E-state index contributed by atoms with van der Waals surface area (Å²) in [6.45, 7) is 21.7. The summed E-state index contributed by atoms with van der Waals surface area (Å²) in [5, 5.41) is 30.2. The Kier molecular flexibility index (Phi) is 20.5. The Morgan fingerprint density at radius 2 is 0.987 bits per heavy atom. The second-order valence-corrected chi connectivity index (χ2v) is 24.4. The van der Waals surface area contributed by atoms with E-state index >= 15 is 0 Å². The maximum atomic E-state index is 13.2. The number of carbonyl (C=O) groups is 6. The van der Waals surface area contributed by atoms with Crippen molar-refractivity contribution < 1.29 is 76.6 Å². The minimum atomic E-state index is -1.22. The van der Waals surface area contributed by atoms with Crippen LogP contribution < -0.4 is 0 Å². The van der Waals surface area contributed by atoms with Gasteiger partial charge in [0.1, 0.15) is 23.0 Å². The zero-order valence-electron chi connectivity index (χ0n) is 43.5. The fourth-order valence-electron chi connectivity index (χ4n) is 9.79. The first-order valence-corrected chi connectivity index (χ1v) is 27.9. The smallest absolute Gasteiger partial charge is 0.477 e. The Bertz CT molecular complexity index is 2460. The maximum Gasteiger partial charge on any atom is 0.511 e. The Hall–Kier alpha value is -4.53. The standard InChI is InChI=1S/C26H33FN2O7S.C20H23FN2O4S.C6H11IO3/c1-13(2)34-26(33)36-16(5)35-25(32)22-23(14(3)21-20(15(4)30)24(31)29(21)22)37-19-11-28(12-19)10-17-6-8-18(27)9-7-17;1-10-16-15(11(2)24)19(25)23(16)17(20(26)27)18(10)28-14-8-22(9-14)7-12-3-5-13(21)6-4-12;1-4(2)9-6(8)10-5(3)7/h6-9,13-16,19-21,30H,10-12H2,1-5H3;3-6,10-11,14-16,24H,7-9H2,1-2H3,(H,26,27);4-5H,1-3H3/t14-,15-,16?,20-,21-;10-,11-,15-,16-;/m11./s1. The number of rotatable bonds is 17. The molecular weight excluding hydrogens is 1130 g/mol. The Morgan fingerprint density at radius 1 is 0.613 bits per heavy atom. The van der Waals surface area contributed by atoms with Crippen LogP contribution in [0.3, 0.4) is 0 Å². The molecule has 412 valence electrons. The van der Waals surface area contributed by atoms with Gasteiger partial charge in [-0.3, -0.25) is 19.4 Å². The molecule has 0 aliphatic carbocycles. The quantitative estimate of drug-likeness (QED) is 0.0349. The highest BCUT2D eigenvalue weighted by Crippen LogP contribution is 2.53. The number of carbonyl (C=O) groups excluding carboxylic acids is 5. The van der Waals surface area contributed by atoms with E-state index in [1.165, 1.54) is 52.8 Å². The lowest BCUT2D eigenvalue weighted by atomic mass is 9.79. The third-order valence-electron chi connectivity index (χ3n) is 13.1. The number of likely N-dealkylation sites (tertiary alicyclic amines) is 2. The molecule has 8 rings (SSSR count). The number of aliphatic carboxylic acids is 1. The zero-order chi connectivity index (χ0) is 55.3. The number of thioether (sulfide) groups is 2. The first kappa shape index (κ1) is 59.7. The van der Waals surface area contributed by atoms with E-state index in [-0.39, 0.29) is 79.5 Å². The van der Waals surface area contributed by atoms with Crippen LogP contribution in [0.2, 0.25) is 0 Å². The van der Waals surface area contributed by atoms with Gasteiger partial charge in [0.2, 0.25) is 18.1 Å². The fourth-order valence-corrected chi connectivity index (χ4v) is 13.2. The van der Waals surface area contributed by atoms with Crippen molar-refractivity contribution in [1.82, 2.24) is 19.6 Å². The van der Waals surface area contributed by atoms with E-state index in [2.05, 4.69) is 14.5 Å².